The third kappa shape index (κ3) is 2.31. The summed E-state index contributed by atoms with van der Waals surface area (Å²) in [5.41, 5.74) is 2.34. The molecular weight excluding hydrogens is 286 g/mol. The highest BCUT2D eigenvalue weighted by atomic mass is 17.2. The quantitative estimate of drug-likeness (QED) is 0.673. The average molecular weight is 303 g/mol. The minimum absolute atomic E-state index is 0.369. The number of hydrogen-bond acceptors (Lipinski definition) is 3. The van der Waals surface area contributed by atoms with Crippen LogP contribution in [0.25, 0.3) is 0 Å². The summed E-state index contributed by atoms with van der Waals surface area (Å²) < 4.78 is 0. The molecule has 0 spiro atoms. The van der Waals surface area contributed by atoms with Crippen molar-refractivity contribution in [2.24, 2.45) is 0 Å². The summed E-state index contributed by atoms with van der Waals surface area (Å²) in [5, 5.41) is 0. The molecule has 0 N–H and O–H groups in total. The molecule has 0 aliphatic carbocycles. The molecule has 3 aromatic carbocycles. The van der Waals surface area contributed by atoms with Crippen LogP contribution in [0, 0.1) is 0 Å². The molecule has 4 rings (SSSR count). The van der Waals surface area contributed by atoms with Gasteiger partial charge in [-0.2, -0.15) is 4.89 Å². The van der Waals surface area contributed by atoms with Gasteiger partial charge >= 0.3 is 0 Å². The lowest BCUT2D eigenvalue weighted by molar-refractivity contribution is -0.302. The average Bonchev–Trinajstić information content (AvgIpc) is 3.10. The van der Waals surface area contributed by atoms with Crippen LogP contribution in [-0.2, 0) is 15.5 Å². The first kappa shape index (κ1) is 14.0. The van der Waals surface area contributed by atoms with Crippen LogP contribution in [-0.4, -0.2) is 6.73 Å². The number of nitrogens with zero attached hydrogens (tertiary/aromatic N) is 1. The normalized spacial score (nSPS) is 16.4. The monoisotopic (exact) mass is 303 g/mol. The molecule has 0 radical (unpaired) electrons. The summed E-state index contributed by atoms with van der Waals surface area (Å²) in [6.07, 6.45) is 0. The van der Waals surface area contributed by atoms with Gasteiger partial charge < -0.3 is 4.90 Å². The minimum Gasteiger partial charge on any atom is -0.307 e. The molecule has 3 aromatic rings. The lowest BCUT2D eigenvalue weighted by Gasteiger charge is -2.36. The maximum Gasteiger partial charge on any atom is 0.229 e. The van der Waals surface area contributed by atoms with Crippen LogP contribution < -0.4 is 4.90 Å². The molecule has 3 nitrogen and oxygen atoms in total. The van der Waals surface area contributed by atoms with Crippen LogP contribution in [0.1, 0.15) is 11.1 Å². The molecule has 0 aromatic heterocycles. The Morgan fingerprint density at radius 1 is 0.652 bits per heavy atom. The number of hydrogen-bond donors (Lipinski definition) is 0. The van der Waals surface area contributed by atoms with Crippen LogP contribution >= 0.6 is 0 Å². The molecule has 1 aliphatic heterocycles. The first-order valence-electron chi connectivity index (χ1n) is 7.65. The fraction of sp³-hybridized carbons (Fsp3) is 0.100. The maximum absolute atomic E-state index is 5.91. The first-order chi connectivity index (χ1) is 11.4. The summed E-state index contributed by atoms with van der Waals surface area (Å²) in [6.45, 7) is 0.369. The Bertz CT molecular complexity index is 720. The summed E-state index contributed by atoms with van der Waals surface area (Å²) in [6, 6.07) is 30.5. The molecule has 3 heteroatoms. The third-order valence-corrected chi connectivity index (χ3v) is 4.14. The number of anilines is 1. The van der Waals surface area contributed by atoms with Crippen molar-refractivity contribution >= 4 is 5.69 Å². The van der Waals surface area contributed by atoms with Gasteiger partial charge in [-0.05, 0) is 12.1 Å². The van der Waals surface area contributed by atoms with Gasteiger partial charge in [-0.3, -0.25) is 0 Å². The molecule has 1 aliphatic rings. The maximum atomic E-state index is 5.91. The molecule has 114 valence electrons. The van der Waals surface area contributed by atoms with Crippen LogP contribution in [0.4, 0.5) is 5.69 Å². The van der Waals surface area contributed by atoms with Crippen molar-refractivity contribution in [1.29, 1.82) is 0 Å². The minimum atomic E-state index is -0.788. The van der Waals surface area contributed by atoms with Gasteiger partial charge in [-0.1, -0.05) is 78.9 Å². The van der Waals surface area contributed by atoms with Crippen molar-refractivity contribution in [1.82, 2.24) is 0 Å². The van der Waals surface area contributed by atoms with Gasteiger partial charge in [-0.25, -0.2) is 4.89 Å². The predicted molar refractivity (Wildman–Crippen MR) is 89.6 cm³/mol. The van der Waals surface area contributed by atoms with Crippen molar-refractivity contribution in [2.75, 3.05) is 11.6 Å². The van der Waals surface area contributed by atoms with Crippen LogP contribution in [0.5, 0.6) is 0 Å². The topological polar surface area (TPSA) is 21.7 Å². The van der Waals surface area contributed by atoms with E-state index in [0.717, 1.165) is 16.8 Å². The standard InChI is InChI=1S/C20H17NO2/c1-4-10-17(11-5-1)20(18-12-6-2-7-13-18)21(16-22-23-20)19-14-8-3-9-15-19/h1-15H,16H2. The van der Waals surface area contributed by atoms with E-state index in [4.69, 9.17) is 9.78 Å². The van der Waals surface area contributed by atoms with E-state index in [1.54, 1.807) is 0 Å². The van der Waals surface area contributed by atoms with E-state index in [2.05, 4.69) is 41.3 Å². The fourth-order valence-corrected chi connectivity index (χ4v) is 3.07. The molecule has 23 heavy (non-hydrogen) atoms. The van der Waals surface area contributed by atoms with E-state index in [0.29, 0.717) is 6.73 Å². The Labute approximate surface area is 135 Å². The second-order valence-corrected chi connectivity index (χ2v) is 5.47. The second-order valence-electron chi connectivity index (χ2n) is 5.47. The highest BCUT2D eigenvalue weighted by Gasteiger charge is 2.47. The third-order valence-electron chi connectivity index (χ3n) is 4.14. The summed E-state index contributed by atoms with van der Waals surface area (Å²) in [5.74, 6) is 0. The Morgan fingerprint density at radius 3 is 1.65 bits per heavy atom. The van der Waals surface area contributed by atoms with Gasteiger partial charge in [0.2, 0.25) is 5.72 Å². The van der Waals surface area contributed by atoms with Crippen molar-refractivity contribution in [3.8, 4) is 0 Å². The van der Waals surface area contributed by atoms with Gasteiger partial charge in [0.05, 0.1) is 0 Å². The van der Waals surface area contributed by atoms with Crippen molar-refractivity contribution < 1.29 is 9.78 Å². The van der Waals surface area contributed by atoms with Gasteiger partial charge in [-0.15, -0.1) is 0 Å². The van der Waals surface area contributed by atoms with Crippen LogP contribution in [0.3, 0.4) is 0 Å². The lowest BCUT2D eigenvalue weighted by atomic mass is 9.92. The molecule has 0 amide bonds. The zero-order chi connectivity index (χ0) is 15.5. The SMILES string of the molecule is c1ccc(N2COOC2(c2ccccc2)c2ccccc2)cc1. The number of rotatable bonds is 3. The highest BCUT2D eigenvalue weighted by molar-refractivity contribution is 5.55. The second kappa shape index (κ2) is 5.88. The van der Waals surface area contributed by atoms with E-state index in [1.165, 1.54) is 0 Å². The van der Waals surface area contributed by atoms with Crippen LogP contribution in [0.2, 0.25) is 0 Å². The van der Waals surface area contributed by atoms with Crippen molar-refractivity contribution in [3.63, 3.8) is 0 Å². The number of para-hydroxylation sites is 1. The van der Waals surface area contributed by atoms with Crippen molar-refractivity contribution in [3.05, 3.63) is 102 Å². The zero-order valence-electron chi connectivity index (χ0n) is 12.6. The lowest BCUT2D eigenvalue weighted by Crippen LogP contribution is -2.43. The Kier molecular flexibility index (Phi) is 3.58. The molecule has 0 saturated carbocycles. The Hall–Kier alpha value is -2.62. The molecule has 1 fully saturated rings. The smallest absolute Gasteiger partial charge is 0.229 e. The summed E-state index contributed by atoms with van der Waals surface area (Å²) >= 11 is 0. The number of benzene rings is 3. The van der Waals surface area contributed by atoms with Gasteiger partial charge in [0.1, 0.15) is 0 Å². The predicted octanol–water partition coefficient (Wildman–Crippen LogP) is 4.31. The molecule has 0 bridgehead atoms. The Balaban J connectivity index is 1.93. The molecule has 0 unspecified atom stereocenters. The van der Waals surface area contributed by atoms with E-state index in [9.17, 15) is 0 Å². The van der Waals surface area contributed by atoms with E-state index in [1.807, 2.05) is 54.6 Å². The largest absolute Gasteiger partial charge is 0.307 e. The molecule has 1 saturated heterocycles. The van der Waals surface area contributed by atoms with Crippen molar-refractivity contribution in [2.45, 2.75) is 5.72 Å². The highest BCUT2D eigenvalue weighted by Crippen LogP contribution is 2.43. The van der Waals surface area contributed by atoms with Gasteiger partial charge in [0.25, 0.3) is 0 Å². The van der Waals surface area contributed by atoms with E-state index >= 15 is 0 Å². The van der Waals surface area contributed by atoms with Gasteiger partial charge in [0.15, 0.2) is 6.73 Å². The fourth-order valence-electron chi connectivity index (χ4n) is 3.07. The first-order valence-corrected chi connectivity index (χ1v) is 7.65. The Morgan fingerprint density at radius 2 is 1.13 bits per heavy atom. The summed E-state index contributed by atoms with van der Waals surface area (Å²) in [7, 11) is 0. The van der Waals surface area contributed by atoms with Gasteiger partial charge in [0, 0.05) is 16.8 Å². The van der Waals surface area contributed by atoms with E-state index in [-0.39, 0.29) is 0 Å². The van der Waals surface area contributed by atoms with E-state index < -0.39 is 5.72 Å². The molecule has 1 heterocycles. The summed E-state index contributed by atoms with van der Waals surface area (Å²) in [4.78, 5) is 13.5. The van der Waals surface area contributed by atoms with Crippen LogP contribution in [0.15, 0.2) is 91.0 Å². The zero-order valence-corrected chi connectivity index (χ0v) is 12.6. The molecular formula is C20H17NO2. The molecule has 0 atom stereocenters.